The topological polar surface area (TPSA) is 0 Å². The highest BCUT2D eigenvalue weighted by atomic mass is 35.5. The normalized spacial score (nSPS) is 11.7. The van der Waals surface area contributed by atoms with Gasteiger partial charge in [0.15, 0.2) is 0 Å². The molecule has 0 fully saturated rings. The summed E-state index contributed by atoms with van der Waals surface area (Å²) in [6, 6.07) is 13.8. The molecule has 2 rings (SSSR count). The van der Waals surface area contributed by atoms with Gasteiger partial charge in [-0.25, -0.2) is 0 Å². The summed E-state index contributed by atoms with van der Waals surface area (Å²) >= 11 is 25.2. The molecular weight excluding hydrogens is 346 g/mol. The van der Waals surface area contributed by atoms with E-state index in [1.807, 2.05) is 24.3 Å². The van der Waals surface area contributed by atoms with E-state index in [1.54, 1.807) is 0 Å². The van der Waals surface area contributed by atoms with Crippen LogP contribution in [0.5, 0.6) is 0 Å². The molecule has 0 amide bonds. The molecule has 0 atom stereocenters. The third-order valence-corrected chi connectivity index (χ3v) is 5.45. The van der Waals surface area contributed by atoms with Crippen molar-refractivity contribution in [2.24, 2.45) is 0 Å². The van der Waals surface area contributed by atoms with Gasteiger partial charge < -0.3 is 0 Å². The summed E-state index contributed by atoms with van der Waals surface area (Å²) in [7, 11) is 0. The number of aryl methyl sites for hydroxylation is 1. The maximum absolute atomic E-state index is 6.30. The second kappa shape index (κ2) is 7.24. The largest absolute Gasteiger partial charge is 0.126 e. The number of alkyl halides is 2. The van der Waals surface area contributed by atoms with E-state index >= 15 is 0 Å². The van der Waals surface area contributed by atoms with Crippen molar-refractivity contribution in [3.05, 3.63) is 69.2 Å². The Bertz CT molecular complexity index is 598. The van der Waals surface area contributed by atoms with Crippen LogP contribution in [-0.4, -0.2) is 11.8 Å². The molecule has 0 radical (unpaired) electrons. The number of benzene rings is 2. The fourth-order valence-corrected chi connectivity index (χ4v) is 3.72. The second-order valence-electron chi connectivity index (χ2n) is 5.29. The highest BCUT2D eigenvalue weighted by molar-refractivity contribution is 6.36. The molecule has 0 saturated heterocycles. The molecule has 0 unspecified atom stereocenters. The van der Waals surface area contributed by atoms with Crippen molar-refractivity contribution in [1.82, 2.24) is 0 Å². The molecule has 0 aromatic heterocycles. The van der Waals surface area contributed by atoms with Crippen LogP contribution in [0.3, 0.4) is 0 Å². The summed E-state index contributed by atoms with van der Waals surface area (Å²) in [5.41, 5.74) is 2.80. The van der Waals surface area contributed by atoms with Crippen LogP contribution in [-0.2, 0) is 11.8 Å². The molecule has 0 aliphatic rings. The minimum atomic E-state index is -0.385. The molecule has 0 nitrogen and oxygen atoms in total. The first-order valence-corrected chi connectivity index (χ1v) is 8.47. The van der Waals surface area contributed by atoms with Crippen molar-refractivity contribution in [2.75, 3.05) is 11.8 Å². The van der Waals surface area contributed by atoms with Gasteiger partial charge in [-0.1, -0.05) is 59.1 Å². The van der Waals surface area contributed by atoms with Gasteiger partial charge in [0.25, 0.3) is 0 Å². The predicted octanol–water partition coefficient (Wildman–Crippen LogP) is 6.26. The quantitative estimate of drug-likeness (QED) is 0.551. The van der Waals surface area contributed by atoms with E-state index in [1.165, 1.54) is 5.56 Å². The standard InChI is InChI=1S/C17H16Cl4/c1-12-4-2-5-13(8-12)17(10-18,11-19)9-14-15(20)6-3-7-16(14)21/h2-8H,9-11H2,1H3. The van der Waals surface area contributed by atoms with Crippen LogP contribution in [0.1, 0.15) is 16.7 Å². The Balaban J connectivity index is 2.48. The SMILES string of the molecule is Cc1cccc(C(CCl)(CCl)Cc2c(Cl)cccc2Cl)c1. The zero-order valence-corrected chi connectivity index (χ0v) is 14.7. The zero-order valence-electron chi connectivity index (χ0n) is 11.7. The van der Waals surface area contributed by atoms with Crippen LogP contribution < -0.4 is 0 Å². The molecule has 2 aromatic rings. The molecule has 0 bridgehead atoms. The third kappa shape index (κ3) is 3.68. The fourth-order valence-electron chi connectivity index (χ4n) is 2.40. The van der Waals surface area contributed by atoms with Gasteiger partial charge in [-0.15, -0.1) is 23.2 Å². The van der Waals surface area contributed by atoms with Crippen LogP contribution in [0, 0.1) is 6.92 Å². The summed E-state index contributed by atoms with van der Waals surface area (Å²) in [5, 5.41) is 1.30. The minimum Gasteiger partial charge on any atom is -0.126 e. The Hall–Kier alpha value is -0.400. The highest BCUT2D eigenvalue weighted by Gasteiger charge is 2.32. The Morgan fingerprint density at radius 3 is 2.00 bits per heavy atom. The smallest absolute Gasteiger partial charge is 0.0453 e. The molecule has 0 N–H and O–H groups in total. The van der Waals surface area contributed by atoms with Crippen molar-refractivity contribution in [3.8, 4) is 0 Å². The van der Waals surface area contributed by atoms with Gasteiger partial charge in [-0.05, 0) is 36.6 Å². The number of hydrogen-bond donors (Lipinski definition) is 0. The van der Waals surface area contributed by atoms with Crippen LogP contribution in [0.15, 0.2) is 42.5 Å². The maximum Gasteiger partial charge on any atom is 0.0453 e. The molecule has 2 aromatic carbocycles. The van der Waals surface area contributed by atoms with Gasteiger partial charge >= 0.3 is 0 Å². The third-order valence-electron chi connectivity index (χ3n) is 3.72. The first kappa shape index (κ1) is 17.0. The van der Waals surface area contributed by atoms with Gasteiger partial charge in [0, 0.05) is 27.2 Å². The first-order chi connectivity index (χ1) is 10.0. The fraction of sp³-hybridized carbons (Fsp3) is 0.294. The van der Waals surface area contributed by atoms with E-state index in [4.69, 9.17) is 46.4 Å². The average molecular weight is 362 g/mol. The molecule has 0 spiro atoms. The average Bonchev–Trinajstić information content (AvgIpc) is 2.48. The number of rotatable bonds is 5. The minimum absolute atomic E-state index is 0.385. The van der Waals surface area contributed by atoms with Crippen LogP contribution in [0.4, 0.5) is 0 Å². The summed E-state index contributed by atoms with van der Waals surface area (Å²) in [4.78, 5) is 0. The predicted molar refractivity (Wildman–Crippen MR) is 94.5 cm³/mol. The Morgan fingerprint density at radius 2 is 1.48 bits per heavy atom. The highest BCUT2D eigenvalue weighted by Crippen LogP contribution is 2.36. The number of halogens is 4. The lowest BCUT2D eigenvalue weighted by Gasteiger charge is -2.31. The molecule has 0 aliphatic carbocycles. The lowest BCUT2D eigenvalue weighted by molar-refractivity contribution is 0.536. The Labute approximate surface area is 146 Å². The van der Waals surface area contributed by atoms with E-state index in [0.29, 0.717) is 28.2 Å². The summed E-state index contributed by atoms with van der Waals surface area (Å²) < 4.78 is 0. The molecule has 4 heteroatoms. The lowest BCUT2D eigenvalue weighted by Crippen LogP contribution is -2.33. The van der Waals surface area contributed by atoms with E-state index in [2.05, 4.69) is 25.1 Å². The summed E-state index contributed by atoms with van der Waals surface area (Å²) in [6.07, 6.45) is 0.613. The Morgan fingerprint density at radius 1 is 0.905 bits per heavy atom. The molecule has 0 heterocycles. The molecule has 0 saturated carbocycles. The monoisotopic (exact) mass is 360 g/mol. The van der Waals surface area contributed by atoms with Crippen molar-refractivity contribution in [2.45, 2.75) is 18.8 Å². The van der Waals surface area contributed by atoms with Gasteiger partial charge in [0.2, 0.25) is 0 Å². The molecular formula is C17H16Cl4. The first-order valence-electron chi connectivity index (χ1n) is 6.64. The van der Waals surface area contributed by atoms with E-state index in [-0.39, 0.29) is 5.41 Å². The molecule has 21 heavy (non-hydrogen) atoms. The summed E-state index contributed by atoms with van der Waals surface area (Å²) in [5.74, 6) is 0.809. The van der Waals surface area contributed by atoms with E-state index < -0.39 is 0 Å². The molecule has 0 aliphatic heterocycles. The van der Waals surface area contributed by atoms with Crippen LogP contribution >= 0.6 is 46.4 Å². The van der Waals surface area contributed by atoms with Crippen molar-refractivity contribution < 1.29 is 0 Å². The number of hydrogen-bond acceptors (Lipinski definition) is 0. The maximum atomic E-state index is 6.30. The van der Waals surface area contributed by atoms with Crippen molar-refractivity contribution in [3.63, 3.8) is 0 Å². The Kier molecular flexibility index (Phi) is 5.85. The van der Waals surface area contributed by atoms with Crippen LogP contribution in [0.2, 0.25) is 10.0 Å². The van der Waals surface area contributed by atoms with Gasteiger partial charge in [-0.2, -0.15) is 0 Å². The van der Waals surface area contributed by atoms with Crippen molar-refractivity contribution in [1.29, 1.82) is 0 Å². The van der Waals surface area contributed by atoms with Crippen LogP contribution in [0.25, 0.3) is 0 Å². The van der Waals surface area contributed by atoms with Gasteiger partial charge in [-0.3, -0.25) is 0 Å². The summed E-state index contributed by atoms with van der Waals surface area (Å²) in [6.45, 7) is 2.05. The lowest BCUT2D eigenvalue weighted by atomic mass is 9.78. The van der Waals surface area contributed by atoms with Crippen molar-refractivity contribution >= 4 is 46.4 Å². The van der Waals surface area contributed by atoms with E-state index in [0.717, 1.165) is 11.1 Å². The van der Waals surface area contributed by atoms with E-state index in [9.17, 15) is 0 Å². The zero-order chi connectivity index (χ0) is 15.5. The molecule has 112 valence electrons. The second-order valence-corrected chi connectivity index (χ2v) is 6.64. The van der Waals surface area contributed by atoms with Gasteiger partial charge in [0.05, 0.1) is 0 Å². The van der Waals surface area contributed by atoms with Gasteiger partial charge in [0.1, 0.15) is 0 Å².